The molecule has 0 aliphatic heterocycles. The van der Waals surface area contributed by atoms with Gasteiger partial charge < -0.3 is 9.94 Å². The predicted octanol–water partition coefficient (Wildman–Crippen LogP) is 5.08. The zero-order chi connectivity index (χ0) is 14.9. The smallest absolute Gasteiger partial charge is 0.0582 e. The van der Waals surface area contributed by atoms with Crippen LogP contribution in [-0.2, 0) is 4.74 Å². The molecular weight excluding hydrogens is 262 g/mol. The summed E-state index contributed by atoms with van der Waals surface area (Å²) in [7, 11) is 0. The first kappa shape index (κ1) is 16.5. The van der Waals surface area contributed by atoms with Crippen molar-refractivity contribution < 1.29 is 9.94 Å². The van der Waals surface area contributed by atoms with Crippen molar-refractivity contribution in [3.05, 3.63) is 11.6 Å². The third kappa shape index (κ3) is 6.21. The van der Waals surface area contributed by atoms with Crippen molar-refractivity contribution in [3.63, 3.8) is 0 Å². The molecule has 3 heteroatoms. The Balaban J connectivity index is 1.55. The van der Waals surface area contributed by atoms with Crippen molar-refractivity contribution in [1.82, 2.24) is 0 Å². The molecule has 2 rings (SSSR count). The summed E-state index contributed by atoms with van der Waals surface area (Å²) in [5.74, 6) is 0.696. The number of rotatable bonds is 6. The average Bonchev–Trinajstić information content (AvgIpc) is 2.53. The Labute approximate surface area is 129 Å². The van der Waals surface area contributed by atoms with Gasteiger partial charge >= 0.3 is 0 Å². The van der Waals surface area contributed by atoms with Crippen LogP contribution in [0.5, 0.6) is 0 Å². The SMILES string of the molecule is CC(C=C1CCCCC1)CCCOC1CCC(=NO)CC1. The summed E-state index contributed by atoms with van der Waals surface area (Å²) in [6, 6.07) is 0. The molecular formula is C18H31NO2. The van der Waals surface area contributed by atoms with Gasteiger partial charge in [-0.2, -0.15) is 0 Å². The molecule has 0 bridgehead atoms. The third-order valence-electron chi connectivity index (χ3n) is 4.82. The van der Waals surface area contributed by atoms with Crippen molar-refractivity contribution in [2.24, 2.45) is 11.1 Å². The molecule has 0 aromatic rings. The summed E-state index contributed by atoms with van der Waals surface area (Å²) < 4.78 is 5.96. The van der Waals surface area contributed by atoms with Gasteiger partial charge in [-0.05, 0) is 70.1 Å². The molecule has 0 radical (unpaired) electrons. The number of hydrogen-bond donors (Lipinski definition) is 1. The minimum absolute atomic E-state index is 0.377. The summed E-state index contributed by atoms with van der Waals surface area (Å²) in [6.07, 6.45) is 16.0. The number of hydrogen-bond acceptors (Lipinski definition) is 3. The second-order valence-electron chi connectivity index (χ2n) is 6.74. The van der Waals surface area contributed by atoms with Crippen LogP contribution in [0.2, 0.25) is 0 Å². The molecule has 1 N–H and O–H groups in total. The van der Waals surface area contributed by atoms with Crippen LogP contribution >= 0.6 is 0 Å². The van der Waals surface area contributed by atoms with E-state index in [0.29, 0.717) is 12.0 Å². The normalized spacial score (nSPS) is 24.7. The van der Waals surface area contributed by atoms with E-state index in [1.807, 2.05) is 0 Å². The van der Waals surface area contributed by atoms with Crippen LogP contribution in [0.1, 0.15) is 77.6 Å². The van der Waals surface area contributed by atoms with E-state index in [1.54, 1.807) is 5.57 Å². The highest BCUT2D eigenvalue weighted by Gasteiger charge is 2.18. The molecule has 2 aliphatic carbocycles. The minimum Gasteiger partial charge on any atom is -0.411 e. The Morgan fingerprint density at radius 3 is 2.57 bits per heavy atom. The van der Waals surface area contributed by atoms with Crippen molar-refractivity contribution in [3.8, 4) is 0 Å². The van der Waals surface area contributed by atoms with E-state index in [9.17, 15) is 0 Å². The quantitative estimate of drug-likeness (QED) is 0.321. The lowest BCUT2D eigenvalue weighted by molar-refractivity contribution is 0.0367. The summed E-state index contributed by atoms with van der Waals surface area (Å²) in [4.78, 5) is 0. The maximum absolute atomic E-state index is 8.73. The van der Waals surface area contributed by atoms with Gasteiger partial charge in [-0.3, -0.25) is 0 Å². The van der Waals surface area contributed by atoms with Gasteiger partial charge in [-0.15, -0.1) is 0 Å². The van der Waals surface area contributed by atoms with Crippen molar-refractivity contribution >= 4 is 5.71 Å². The molecule has 2 aliphatic rings. The summed E-state index contributed by atoms with van der Waals surface area (Å²) in [6.45, 7) is 3.22. The van der Waals surface area contributed by atoms with E-state index >= 15 is 0 Å². The number of nitrogens with zero attached hydrogens (tertiary/aromatic N) is 1. The summed E-state index contributed by atoms with van der Waals surface area (Å²) >= 11 is 0. The second kappa shape index (κ2) is 9.24. The fourth-order valence-electron chi connectivity index (χ4n) is 3.50. The highest BCUT2D eigenvalue weighted by atomic mass is 16.5. The van der Waals surface area contributed by atoms with Crippen molar-refractivity contribution in [2.45, 2.75) is 83.7 Å². The summed E-state index contributed by atoms with van der Waals surface area (Å²) in [5, 5.41) is 12.0. The fourth-order valence-corrected chi connectivity index (χ4v) is 3.50. The van der Waals surface area contributed by atoms with Gasteiger partial charge in [0.1, 0.15) is 0 Å². The van der Waals surface area contributed by atoms with Gasteiger partial charge in [-0.1, -0.05) is 30.1 Å². The molecule has 1 atom stereocenters. The van der Waals surface area contributed by atoms with Gasteiger partial charge in [0, 0.05) is 6.61 Å². The van der Waals surface area contributed by atoms with Crippen LogP contribution in [0.15, 0.2) is 16.8 Å². The van der Waals surface area contributed by atoms with E-state index in [2.05, 4.69) is 18.2 Å². The molecule has 2 fully saturated rings. The van der Waals surface area contributed by atoms with E-state index in [4.69, 9.17) is 9.94 Å². The van der Waals surface area contributed by atoms with Crippen LogP contribution < -0.4 is 0 Å². The van der Waals surface area contributed by atoms with E-state index in [0.717, 1.165) is 44.4 Å². The monoisotopic (exact) mass is 293 g/mol. The average molecular weight is 293 g/mol. The standard InChI is InChI=1S/C18H31NO2/c1-15(14-16-7-3-2-4-8-16)6-5-13-21-18-11-9-17(19-20)10-12-18/h14-15,18,20H,2-13H2,1H3. The number of allylic oxidation sites excluding steroid dienone is 2. The second-order valence-corrected chi connectivity index (χ2v) is 6.74. The first-order valence-electron chi connectivity index (χ1n) is 8.79. The topological polar surface area (TPSA) is 41.8 Å². The Morgan fingerprint density at radius 2 is 1.90 bits per heavy atom. The van der Waals surface area contributed by atoms with Crippen molar-refractivity contribution in [2.75, 3.05) is 6.61 Å². The highest BCUT2D eigenvalue weighted by Crippen LogP contribution is 2.25. The van der Waals surface area contributed by atoms with E-state index < -0.39 is 0 Å². The lowest BCUT2D eigenvalue weighted by Crippen LogP contribution is -2.22. The minimum atomic E-state index is 0.377. The van der Waals surface area contributed by atoms with Crippen LogP contribution in [0.25, 0.3) is 0 Å². The largest absolute Gasteiger partial charge is 0.411 e. The molecule has 120 valence electrons. The van der Waals surface area contributed by atoms with Gasteiger partial charge in [-0.25, -0.2) is 0 Å². The Kier molecular flexibility index (Phi) is 7.28. The Bertz CT molecular complexity index is 344. The molecule has 2 saturated carbocycles. The molecule has 0 spiro atoms. The molecule has 0 aromatic heterocycles. The molecule has 0 aromatic carbocycles. The molecule has 0 heterocycles. The number of oxime groups is 1. The first-order valence-corrected chi connectivity index (χ1v) is 8.79. The Morgan fingerprint density at radius 1 is 1.19 bits per heavy atom. The van der Waals surface area contributed by atoms with Crippen LogP contribution in [0, 0.1) is 5.92 Å². The molecule has 0 amide bonds. The maximum atomic E-state index is 8.73. The van der Waals surface area contributed by atoms with Gasteiger partial charge in [0.2, 0.25) is 0 Å². The molecule has 21 heavy (non-hydrogen) atoms. The molecule has 0 saturated heterocycles. The first-order chi connectivity index (χ1) is 10.3. The van der Waals surface area contributed by atoms with Crippen LogP contribution in [0.3, 0.4) is 0 Å². The Hall–Kier alpha value is -0.830. The van der Waals surface area contributed by atoms with E-state index in [-0.39, 0.29) is 0 Å². The van der Waals surface area contributed by atoms with E-state index in [1.165, 1.54) is 38.5 Å². The van der Waals surface area contributed by atoms with Gasteiger partial charge in [0.25, 0.3) is 0 Å². The number of ether oxygens (including phenoxy) is 1. The summed E-state index contributed by atoms with van der Waals surface area (Å²) in [5.41, 5.74) is 2.63. The third-order valence-corrected chi connectivity index (χ3v) is 4.82. The fraction of sp³-hybridized carbons (Fsp3) is 0.833. The predicted molar refractivity (Wildman–Crippen MR) is 87.0 cm³/mol. The highest BCUT2D eigenvalue weighted by molar-refractivity contribution is 5.84. The molecule has 3 nitrogen and oxygen atoms in total. The van der Waals surface area contributed by atoms with Crippen molar-refractivity contribution in [1.29, 1.82) is 0 Å². The lowest BCUT2D eigenvalue weighted by atomic mass is 9.91. The van der Waals surface area contributed by atoms with Gasteiger partial charge in [0.05, 0.1) is 11.8 Å². The maximum Gasteiger partial charge on any atom is 0.0582 e. The lowest BCUT2D eigenvalue weighted by Gasteiger charge is -2.23. The zero-order valence-electron chi connectivity index (χ0n) is 13.5. The molecule has 1 unspecified atom stereocenters. The van der Waals surface area contributed by atoms with Gasteiger partial charge in [0.15, 0.2) is 0 Å². The van der Waals surface area contributed by atoms with Crippen LogP contribution in [0.4, 0.5) is 0 Å². The van der Waals surface area contributed by atoms with Crippen LogP contribution in [-0.4, -0.2) is 23.6 Å². The zero-order valence-corrected chi connectivity index (χ0v) is 13.5.